The minimum atomic E-state index is -0.571. The Morgan fingerprint density at radius 1 is 1.17 bits per heavy atom. The molecule has 0 atom stereocenters. The number of aromatic hydroxyl groups is 1. The number of nitro groups is 1. The van der Waals surface area contributed by atoms with Gasteiger partial charge in [0.25, 0.3) is 0 Å². The molecule has 1 N–H and O–H groups in total. The molecule has 18 heavy (non-hydrogen) atoms. The van der Waals surface area contributed by atoms with Crippen LogP contribution in [0.25, 0.3) is 0 Å². The van der Waals surface area contributed by atoms with E-state index in [2.05, 4.69) is 15.2 Å². The van der Waals surface area contributed by atoms with Crippen LogP contribution in [-0.4, -0.2) is 15.0 Å². The van der Waals surface area contributed by atoms with Gasteiger partial charge in [-0.3, -0.25) is 15.1 Å². The lowest BCUT2D eigenvalue weighted by Gasteiger charge is -1.95. The maximum atomic E-state index is 10.7. The summed E-state index contributed by atoms with van der Waals surface area (Å²) in [6, 6.07) is 7.41. The van der Waals surface area contributed by atoms with Crippen molar-refractivity contribution in [1.82, 2.24) is 4.98 Å². The summed E-state index contributed by atoms with van der Waals surface area (Å²) < 4.78 is 0. The smallest absolute Gasteiger partial charge is 0.314 e. The zero-order chi connectivity index (χ0) is 13.0. The van der Waals surface area contributed by atoms with Gasteiger partial charge in [0.05, 0.1) is 10.6 Å². The molecule has 0 bridgehead atoms. The second kappa shape index (κ2) is 5.00. The predicted octanol–water partition coefficient (Wildman–Crippen LogP) is 3.11. The quantitative estimate of drug-likeness (QED) is 0.509. The summed E-state index contributed by atoms with van der Waals surface area (Å²) in [5.74, 6) is 0.115. The molecular formula is C11H8N4O3. The van der Waals surface area contributed by atoms with E-state index >= 15 is 0 Å². The number of nitrogens with zero attached hydrogens (tertiary/aromatic N) is 4. The topological polar surface area (TPSA) is 101 Å². The Morgan fingerprint density at radius 3 is 2.56 bits per heavy atom. The summed E-state index contributed by atoms with van der Waals surface area (Å²) in [5.41, 5.74) is 0.405. The van der Waals surface area contributed by atoms with Gasteiger partial charge in [0.1, 0.15) is 11.9 Å². The molecule has 7 heteroatoms. The Morgan fingerprint density at radius 2 is 1.89 bits per heavy atom. The maximum absolute atomic E-state index is 10.7. The lowest BCUT2D eigenvalue weighted by molar-refractivity contribution is -0.384. The van der Waals surface area contributed by atoms with Gasteiger partial charge < -0.3 is 5.11 Å². The highest BCUT2D eigenvalue weighted by molar-refractivity contribution is 5.55. The van der Waals surface area contributed by atoms with E-state index in [-0.39, 0.29) is 17.1 Å². The molecule has 2 aromatic rings. The largest absolute Gasteiger partial charge is 0.508 e. The van der Waals surface area contributed by atoms with E-state index in [1.54, 1.807) is 12.1 Å². The SMILES string of the molecule is O=[N+]([O-])c1cnccc1N=Nc1ccc(O)cc1. The van der Waals surface area contributed by atoms with E-state index in [1.165, 1.54) is 24.4 Å². The highest BCUT2D eigenvalue weighted by atomic mass is 16.6. The van der Waals surface area contributed by atoms with Crippen molar-refractivity contribution in [3.63, 3.8) is 0 Å². The zero-order valence-corrected chi connectivity index (χ0v) is 9.09. The van der Waals surface area contributed by atoms with Gasteiger partial charge >= 0.3 is 5.69 Å². The fourth-order valence-corrected chi connectivity index (χ4v) is 1.23. The fraction of sp³-hybridized carbons (Fsp3) is 0. The van der Waals surface area contributed by atoms with E-state index in [9.17, 15) is 10.1 Å². The molecule has 0 radical (unpaired) electrons. The molecule has 0 saturated heterocycles. The monoisotopic (exact) mass is 244 g/mol. The van der Waals surface area contributed by atoms with Crippen molar-refractivity contribution in [2.75, 3.05) is 0 Å². The molecule has 0 spiro atoms. The summed E-state index contributed by atoms with van der Waals surface area (Å²) in [7, 11) is 0. The number of pyridine rings is 1. The van der Waals surface area contributed by atoms with Gasteiger partial charge in [-0.1, -0.05) is 0 Å². The van der Waals surface area contributed by atoms with Crippen molar-refractivity contribution in [1.29, 1.82) is 0 Å². The highest BCUT2D eigenvalue weighted by Gasteiger charge is 2.12. The van der Waals surface area contributed by atoms with Crippen molar-refractivity contribution in [2.45, 2.75) is 0 Å². The van der Waals surface area contributed by atoms with E-state index in [0.29, 0.717) is 5.69 Å². The second-order valence-corrected chi connectivity index (χ2v) is 3.34. The summed E-state index contributed by atoms with van der Waals surface area (Å²) in [6.45, 7) is 0. The van der Waals surface area contributed by atoms with Crippen LogP contribution in [0.3, 0.4) is 0 Å². The van der Waals surface area contributed by atoms with Crippen molar-refractivity contribution in [2.24, 2.45) is 10.2 Å². The standard InChI is InChI=1S/C11H8N4O3/c16-9-3-1-8(2-4-9)13-14-10-5-6-12-7-11(10)15(17)18/h1-7,16H. The highest BCUT2D eigenvalue weighted by Crippen LogP contribution is 2.27. The summed E-state index contributed by atoms with van der Waals surface area (Å²) in [4.78, 5) is 13.8. The molecule has 1 aromatic carbocycles. The molecule has 0 aliphatic rings. The third-order valence-electron chi connectivity index (χ3n) is 2.10. The van der Waals surface area contributed by atoms with Crippen molar-refractivity contribution >= 4 is 17.1 Å². The number of aromatic nitrogens is 1. The van der Waals surface area contributed by atoms with Gasteiger partial charge in [-0.25, -0.2) is 0 Å². The molecule has 0 amide bonds. The molecule has 0 aliphatic heterocycles. The number of hydrogen-bond donors (Lipinski definition) is 1. The number of hydrogen-bond acceptors (Lipinski definition) is 6. The molecular weight excluding hydrogens is 236 g/mol. The first kappa shape index (κ1) is 11.6. The summed E-state index contributed by atoms with van der Waals surface area (Å²) in [6.07, 6.45) is 2.52. The third kappa shape index (κ3) is 2.64. The Kier molecular flexibility index (Phi) is 3.24. The van der Waals surface area contributed by atoms with Gasteiger partial charge in [-0.2, -0.15) is 5.11 Å². The molecule has 0 fully saturated rings. The van der Waals surface area contributed by atoms with Crippen molar-refractivity contribution in [3.05, 3.63) is 52.8 Å². The number of azo groups is 1. The second-order valence-electron chi connectivity index (χ2n) is 3.34. The minimum absolute atomic E-state index is 0.115. The van der Waals surface area contributed by atoms with Gasteiger partial charge in [-0.05, 0) is 30.3 Å². The lowest BCUT2D eigenvalue weighted by atomic mass is 10.3. The maximum Gasteiger partial charge on any atom is 0.314 e. The molecule has 0 saturated carbocycles. The molecule has 2 rings (SSSR count). The minimum Gasteiger partial charge on any atom is -0.508 e. The number of rotatable bonds is 3. The average Bonchev–Trinajstić information content (AvgIpc) is 2.38. The predicted molar refractivity (Wildman–Crippen MR) is 63.2 cm³/mol. The summed E-state index contributed by atoms with van der Waals surface area (Å²) in [5, 5.41) is 27.4. The first-order chi connectivity index (χ1) is 8.66. The van der Waals surface area contributed by atoms with Crippen molar-refractivity contribution < 1.29 is 10.0 Å². The Labute approximate surface area is 102 Å². The van der Waals surface area contributed by atoms with Crippen LogP contribution >= 0.6 is 0 Å². The molecule has 0 aliphatic carbocycles. The molecule has 1 aromatic heterocycles. The van der Waals surface area contributed by atoms with Crippen LogP contribution in [0, 0.1) is 10.1 Å². The van der Waals surface area contributed by atoms with Crippen LogP contribution in [0.5, 0.6) is 5.75 Å². The molecule has 90 valence electrons. The van der Waals surface area contributed by atoms with Crippen LogP contribution in [0.15, 0.2) is 53.0 Å². The molecule has 0 unspecified atom stereocenters. The van der Waals surface area contributed by atoms with Crippen molar-refractivity contribution in [3.8, 4) is 5.75 Å². The van der Waals surface area contributed by atoms with Crippen LogP contribution in [0.1, 0.15) is 0 Å². The number of benzene rings is 1. The van der Waals surface area contributed by atoms with Gasteiger partial charge in [-0.15, -0.1) is 5.11 Å². The van der Waals surface area contributed by atoms with Crippen LogP contribution in [-0.2, 0) is 0 Å². The van der Waals surface area contributed by atoms with Crippen LogP contribution < -0.4 is 0 Å². The first-order valence-corrected chi connectivity index (χ1v) is 4.96. The van der Waals surface area contributed by atoms with E-state index < -0.39 is 4.92 Å². The molecule has 7 nitrogen and oxygen atoms in total. The zero-order valence-electron chi connectivity index (χ0n) is 9.09. The van der Waals surface area contributed by atoms with E-state index in [0.717, 1.165) is 6.20 Å². The van der Waals surface area contributed by atoms with E-state index in [4.69, 9.17) is 5.11 Å². The normalized spacial score (nSPS) is 10.7. The van der Waals surface area contributed by atoms with Crippen LogP contribution in [0.2, 0.25) is 0 Å². The summed E-state index contributed by atoms with van der Waals surface area (Å²) >= 11 is 0. The lowest BCUT2D eigenvalue weighted by Crippen LogP contribution is -1.88. The Bertz CT molecular complexity index is 595. The molecule has 1 heterocycles. The Hall–Kier alpha value is -2.83. The van der Waals surface area contributed by atoms with Crippen LogP contribution in [0.4, 0.5) is 17.1 Å². The number of phenolic OH excluding ortho intramolecular Hbond substituents is 1. The van der Waals surface area contributed by atoms with Gasteiger partial charge in [0.2, 0.25) is 0 Å². The average molecular weight is 244 g/mol. The van der Waals surface area contributed by atoms with Gasteiger partial charge in [0.15, 0.2) is 5.69 Å². The Balaban J connectivity index is 2.29. The van der Waals surface area contributed by atoms with Gasteiger partial charge in [0, 0.05) is 6.20 Å². The third-order valence-corrected chi connectivity index (χ3v) is 2.10. The first-order valence-electron chi connectivity index (χ1n) is 4.96. The fourth-order valence-electron chi connectivity index (χ4n) is 1.23. The number of phenols is 1. The van der Waals surface area contributed by atoms with E-state index in [1.807, 2.05) is 0 Å².